The summed E-state index contributed by atoms with van der Waals surface area (Å²) in [5.74, 6) is 0.980. The van der Waals surface area contributed by atoms with Crippen molar-refractivity contribution < 1.29 is 9.50 Å². The molecular formula is C14H17FN2OS. The zero-order valence-corrected chi connectivity index (χ0v) is 11.8. The van der Waals surface area contributed by atoms with Gasteiger partial charge in [0.15, 0.2) is 0 Å². The van der Waals surface area contributed by atoms with Gasteiger partial charge in [-0.05, 0) is 37.4 Å². The van der Waals surface area contributed by atoms with Gasteiger partial charge in [0.2, 0.25) is 0 Å². The molecule has 0 radical (unpaired) electrons. The second-order valence-electron chi connectivity index (χ2n) is 4.82. The Morgan fingerprint density at radius 2 is 2.11 bits per heavy atom. The minimum Gasteiger partial charge on any atom is -0.387 e. The van der Waals surface area contributed by atoms with E-state index in [0.29, 0.717) is 23.6 Å². The second-order valence-corrected chi connectivity index (χ2v) is 5.68. The van der Waals surface area contributed by atoms with Crippen LogP contribution in [0.5, 0.6) is 0 Å². The van der Waals surface area contributed by atoms with Gasteiger partial charge in [-0.2, -0.15) is 11.8 Å². The van der Waals surface area contributed by atoms with Crippen molar-refractivity contribution in [2.75, 3.05) is 23.9 Å². The Morgan fingerprint density at radius 3 is 2.84 bits per heavy atom. The van der Waals surface area contributed by atoms with E-state index in [2.05, 4.69) is 10.3 Å². The fourth-order valence-electron chi connectivity index (χ4n) is 1.83. The Morgan fingerprint density at radius 1 is 1.37 bits per heavy atom. The van der Waals surface area contributed by atoms with Crippen LogP contribution in [-0.2, 0) is 0 Å². The van der Waals surface area contributed by atoms with Crippen LogP contribution in [0.2, 0.25) is 0 Å². The fraction of sp³-hybridized carbons (Fsp3) is 0.357. The van der Waals surface area contributed by atoms with Gasteiger partial charge in [0.05, 0.1) is 11.1 Å². The van der Waals surface area contributed by atoms with Crippen LogP contribution in [0.4, 0.5) is 10.2 Å². The number of anilines is 1. The topological polar surface area (TPSA) is 45.1 Å². The lowest BCUT2D eigenvalue weighted by Crippen LogP contribution is -2.36. The lowest BCUT2D eigenvalue weighted by atomic mass is 10.1. The minimum absolute atomic E-state index is 0.300. The molecule has 0 aliphatic carbocycles. The van der Waals surface area contributed by atoms with Gasteiger partial charge in [-0.25, -0.2) is 9.37 Å². The van der Waals surface area contributed by atoms with Crippen molar-refractivity contribution in [2.45, 2.75) is 12.5 Å². The predicted molar refractivity (Wildman–Crippen MR) is 79.2 cm³/mol. The Hall–Kier alpha value is -1.33. The summed E-state index contributed by atoms with van der Waals surface area (Å²) in [4.78, 5) is 4.33. The molecule has 0 aliphatic heterocycles. The average molecular weight is 280 g/mol. The van der Waals surface area contributed by atoms with E-state index in [1.165, 1.54) is 12.1 Å². The van der Waals surface area contributed by atoms with Crippen molar-refractivity contribution in [1.29, 1.82) is 0 Å². The number of nitrogens with zero attached hydrogens (tertiary/aromatic N) is 1. The number of fused-ring (bicyclic) bond motifs is 1. The maximum Gasteiger partial charge on any atom is 0.126 e. The number of benzene rings is 1. The summed E-state index contributed by atoms with van der Waals surface area (Å²) < 4.78 is 13.1. The minimum atomic E-state index is -0.794. The number of hydrogen-bond acceptors (Lipinski definition) is 4. The summed E-state index contributed by atoms with van der Waals surface area (Å²) in [5.41, 5.74) is -0.188. The van der Waals surface area contributed by atoms with E-state index in [0.717, 1.165) is 5.39 Å². The highest BCUT2D eigenvalue weighted by atomic mass is 32.2. The van der Waals surface area contributed by atoms with Crippen LogP contribution in [0.3, 0.4) is 0 Å². The van der Waals surface area contributed by atoms with Crippen LogP contribution in [-0.4, -0.2) is 34.2 Å². The first-order valence-corrected chi connectivity index (χ1v) is 7.41. The number of hydrogen-bond donors (Lipinski definition) is 2. The predicted octanol–water partition coefficient (Wildman–Crippen LogP) is 2.90. The molecule has 3 nitrogen and oxygen atoms in total. The summed E-state index contributed by atoms with van der Waals surface area (Å²) >= 11 is 1.59. The Balaban J connectivity index is 2.13. The van der Waals surface area contributed by atoms with Gasteiger partial charge in [0.1, 0.15) is 11.6 Å². The zero-order valence-electron chi connectivity index (χ0n) is 11.0. The summed E-state index contributed by atoms with van der Waals surface area (Å²) in [6.45, 7) is 2.18. The highest BCUT2D eigenvalue weighted by Crippen LogP contribution is 2.17. The molecule has 5 heteroatoms. The van der Waals surface area contributed by atoms with Gasteiger partial charge < -0.3 is 10.4 Å². The maximum absolute atomic E-state index is 13.1. The smallest absolute Gasteiger partial charge is 0.126 e. The fourth-order valence-corrected chi connectivity index (χ4v) is 2.56. The monoisotopic (exact) mass is 280 g/mol. The molecule has 1 aromatic carbocycles. The number of aromatic nitrogens is 1. The van der Waals surface area contributed by atoms with E-state index in [9.17, 15) is 9.50 Å². The lowest BCUT2D eigenvalue weighted by molar-refractivity contribution is 0.0996. The van der Waals surface area contributed by atoms with Crippen LogP contribution in [0.25, 0.3) is 10.9 Å². The molecular weight excluding hydrogens is 263 g/mol. The quantitative estimate of drug-likeness (QED) is 0.884. The Kier molecular flexibility index (Phi) is 4.27. The zero-order chi connectivity index (χ0) is 13.9. The number of thioether (sulfide) groups is 1. The third-order valence-corrected chi connectivity index (χ3v) is 3.67. The normalized spacial score (nSPS) is 14.3. The first-order valence-electron chi connectivity index (χ1n) is 6.02. The van der Waals surface area contributed by atoms with Crippen molar-refractivity contribution in [1.82, 2.24) is 4.98 Å². The summed E-state index contributed by atoms with van der Waals surface area (Å²) in [6, 6.07) is 8.23. The molecule has 0 fully saturated rings. The third kappa shape index (κ3) is 3.81. The van der Waals surface area contributed by atoms with E-state index in [-0.39, 0.29) is 5.82 Å². The molecule has 1 heterocycles. The van der Waals surface area contributed by atoms with Crippen molar-refractivity contribution in [3.8, 4) is 0 Å². The van der Waals surface area contributed by atoms with Gasteiger partial charge in [-0.3, -0.25) is 0 Å². The standard InChI is InChI=1S/C14H17FN2OS/c1-14(18,9-19-2)8-16-13-6-4-10-3-5-11(15)7-12(10)17-13/h3-7,18H,8-9H2,1-2H3,(H,16,17)/t14-/m1/s1. The van der Waals surface area contributed by atoms with Crippen LogP contribution in [0.15, 0.2) is 30.3 Å². The Labute approximate surface area is 116 Å². The van der Waals surface area contributed by atoms with E-state index in [4.69, 9.17) is 0 Å². The molecule has 0 saturated carbocycles. The SMILES string of the molecule is CSC[C@](C)(O)CNc1ccc2ccc(F)cc2n1. The maximum atomic E-state index is 13.1. The molecule has 0 unspecified atom stereocenters. The largest absolute Gasteiger partial charge is 0.387 e. The average Bonchev–Trinajstić information content (AvgIpc) is 2.36. The van der Waals surface area contributed by atoms with E-state index >= 15 is 0 Å². The van der Waals surface area contributed by atoms with E-state index in [1.807, 2.05) is 18.4 Å². The van der Waals surface area contributed by atoms with E-state index in [1.54, 1.807) is 24.8 Å². The van der Waals surface area contributed by atoms with Gasteiger partial charge in [-0.15, -0.1) is 0 Å². The molecule has 0 bridgehead atoms. The first-order chi connectivity index (χ1) is 9.00. The van der Waals surface area contributed by atoms with Crippen LogP contribution in [0.1, 0.15) is 6.92 Å². The molecule has 2 N–H and O–H groups in total. The molecule has 0 amide bonds. The molecule has 0 saturated heterocycles. The van der Waals surface area contributed by atoms with Gasteiger partial charge in [0.25, 0.3) is 0 Å². The summed E-state index contributed by atoms with van der Waals surface area (Å²) in [6.07, 6.45) is 1.95. The molecule has 2 aromatic rings. The van der Waals surface area contributed by atoms with Crippen LogP contribution < -0.4 is 5.32 Å². The Bertz CT molecular complexity index is 574. The van der Waals surface area contributed by atoms with Crippen molar-refractivity contribution in [3.05, 3.63) is 36.1 Å². The van der Waals surface area contributed by atoms with Gasteiger partial charge >= 0.3 is 0 Å². The third-order valence-electron chi connectivity index (χ3n) is 2.76. The number of halogens is 1. The molecule has 1 aromatic heterocycles. The molecule has 1 atom stereocenters. The number of aliphatic hydroxyl groups is 1. The molecule has 0 aliphatic rings. The highest BCUT2D eigenvalue weighted by Gasteiger charge is 2.19. The van der Waals surface area contributed by atoms with Crippen molar-refractivity contribution in [2.24, 2.45) is 0 Å². The van der Waals surface area contributed by atoms with Gasteiger partial charge in [0, 0.05) is 23.8 Å². The molecule has 0 spiro atoms. The van der Waals surface area contributed by atoms with Crippen LogP contribution >= 0.6 is 11.8 Å². The first kappa shape index (κ1) is 14.1. The molecule has 2 rings (SSSR count). The van der Waals surface area contributed by atoms with E-state index < -0.39 is 5.60 Å². The lowest BCUT2D eigenvalue weighted by Gasteiger charge is -2.22. The number of rotatable bonds is 5. The van der Waals surface area contributed by atoms with Gasteiger partial charge in [-0.1, -0.05) is 0 Å². The number of nitrogens with one attached hydrogen (secondary N) is 1. The van der Waals surface area contributed by atoms with Crippen LogP contribution in [0, 0.1) is 5.82 Å². The van der Waals surface area contributed by atoms with Crippen molar-refractivity contribution >= 4 is 28.5 Å². The molecule has 102 valence electrons. The number of pyridine rings is 1. The second kappa shape index (κ2) is 5.75. The molecule has 19 heavy (non-hydrogen) atoms. The summed E-state index contributed by atoms with van der Waals surface area (Å²) in [7, 11) is 0. The highest BCUT2D eigenvalue weighted by molar-refractivity contribution is 7.98. The summed E-state index contributed by atoms with van der Waals surface area (Å²) in [5, 5.41) is 14.0. The van der Waals surface area contributed by atoms with Crippen molar-refractivity contribution in [3.63, 3.8) is 0 Å².